The molecule has 0 bridgehead atoms. The summed E-state index contributed by atoms with van der Waals surface area (Å²) >= 11 is 0. The zero-order valence-electron chi connectivity index (χ0n) is 14.0. The van der Waals surface area contributed by atoms with Gasteiger partial charge in [0.2, 0.25) is 10.0 Å². The molecule has 1 N–H and O–H groups in total. The lowest BCUT2D eigenvalue weighted by Gasteiger charge is -2.24. The average molecular weight is 374 g/mol. The topological polar surface area (TPSA) is 91.1 Å². The summed E-state index contributed by atoms with van der Waals surface area (Å²) in [5, 5.41) is 10.7. The van der Waals surface area contributed by atoms with Crippen molar-refractivity contribution in [3.63, 3.8) is 0 Å². The second-order valence-electron chi connectivity index (χ2n) is 7.29. The third-order valence-electron chi connectivity index (χ3n) is 5.47. The van der Waals surface area contributed by atoms with Crippen molar-refractivity contribution in [1.82, 2.24) is 9.21 Å². The van der Waals surface area contributed by atoms with Gasteiger partial charge in [0.1, 0.15) is 11.2 Å². The second-order valence-corrected chi connectivity index (χ2v) is 9.23. The Morgan fingerprint density at radius 2 is 1.77 bits per heavy atom. The molecule has 1 aliphatic carbocycles. The van der Waals surface area contributed by atoms with E-state index >= 15 is 0 Å². The Hall–Kier alpha value is -2.16. The van der Waals surface area contributed by atoms with E-state index in [-0.39, 0.29) is 10.8 Å². The van der Waals surface area contributed by atoms with Crippen LogP contribution in [0.4, 0.5) is 0 Å². The van der Waals surface area contributed by atoms with Gasteiger partial charge in [-0.1, -0.05) is 0 Å². The monoisotopic (exact) mass is 374 g/mol. The summed E-state index contributed by atoms with van der Waals surface area (Å²) in [6.07, 6.45) is 2.57. The van der Waals surface area contributed by atoms with Crippen molar-refractivity contribution in [2.75, 3.05) is 26.2 Å². The highest BCUT2D eigenvalue weighted by Crippen LogP contribution is 2.39. The van der Waals surface area contributed by atoms with Crippen molar-refractivity contribution in [3.8, 4) is 0 Å². The molecule has 136 valence electrons. The van der Waals surface area contributed by atoms with E-state index in [0.29, 0.717) is 44.6 Å². The molecule has 26 heavy (non-hydrogen) atoms. The van der Waals surface area contributed by atoms with Crippen LogP contribution in [0.25, 0.3) is 11.0 Å². The Kier molecular flexibility index (Phi) is 3.20. The van der Waals surface area contributed by atoms with Crippen molar-refractivity contribution in [3.05, 3.63) is 41.7 Å². The van der Waals surface area contributed by atoms with Gasteiger partial charge in [0, 0.05) is 31.6 Å². The first kappa shape index (κ1) is 16.0. The number of carbonyl (C=O) groups excluding carboxylic acids is 1. The number of nitrogens with zero attached hydrogens (tertiary/aromatic N) is 2. The largest absolute Gasteiger partial charge is 0.464 e. The van der Waals surface area contributed by atoms with E-state index in [1.807, 2.05) is 0 Å². The van der Waals surface area contributed by atoms with Gasteiger partial charge in [0.15, 0.2) is 0 Å². The molecule has 1 amide bonds. The van der Waals surface area contributed by atoms with Crippen LogP contribution in [0.5, 0.6) is 0 Å². The molecule has 1 aromatic heterocycles. The molecule has 2 aromatic rings. The second kappa shape index (κ2) is 5.18. The molecule has 1 saturated carbocycles. The van der Waals surface area contributed by atoms with E-state index in [4.69, 9.17) is 4.42 Å². The van der Waals surface area contributed by atoms with Crippen LogP contribution in [0.3, 0.4) is 0 Å². The first-order valence-electron chi connectivity index (χ1n) is 8.56. The van der Waals surface area contributed by atoms with Crippen LogP contribution in [0.2, 0.25) is 0 Å². The molecule has 1 aromatic carbocycles. The number of hydrogen-bond donors (Lipinski definition) is 1. The molecule has 3 aliphatic rings. The molecule has 0 atom stereocenters. The van der Waals surface area contributed by atoms with Gasteiger partial charge < -0.3 is 14.4 Å². The van der Waals surface area contributed by atoms with E-state index in [9.17, 15) is 18.3 Å². The molecule has 0 unspecified atom stereocenters. The molecule has 1 fully saturated rings. The maximum Gasteiger partial charge on any atom is 0.255 e. The summed E-state index contributed by atoms with van der Waals surface area (Å²) in [5.41, 5.74) is 1.41. The molecular weight excluding hydrogens is 356 g/mol. The lowest BCUT2D eigenvalue weighted by atomic mass is 10.2. The Morgan fingerprint density at radius 1 is 1.08 bits per heavy atom. The van der Waals surface area contributed by atoms with Crippen LogP contribution in [0, 0.1) is 0 Å². The fourth-order valence-corrected chi connectivity index (χ4v) is 5.21. The molecule has 0 spiro atoms. The minimum atomic E-state index is -3.61. The predicted octanol–water partition coefficient (Wildman–Crippen LogP) is 1.10. The Labute approximate surface area is 150 Å². The first-order chi connectivity index (χ1) is 12.4. The zero-order chi connectivity index (χ0) is 18.1. The molecule has 0 saturated heterocycles. The van der Waals surface area contributed by atoms with Crippen molar-refractivity contribution >= 4 is 26.9 Å². The van der Waals surface area contributed by atoms with Crippen molar-refractivity contribution in [1.29, 1.82) is 0 Å². The van der Waals surface area contributed by atoms with Crippen LogP contribution >= 0.6 is 0 Å². The third-order valence-corrected chi connectivity index (χ3v) is 7.26. The highest BCUT2D eigenvalue weighted by atomic mass is 32.2. The molecule has 0 radical (unpaired) electrons. The van der Waals surface area contributed by atoms with Gasteiger partial charge >= 0.3 is 0 Å². The SMILES string of the molecule is O=C(N1CC2=C(C1)CN(S(=O)(=O)c1ccc3occc3c1)C2)C1(O)CC1. The summed E-state index contributed by atoms with van der Waals surface area (Å²) in [5.74, 6) is -0.230. The molecular formula is C18H18N2O5S. The lowest BCUT2D eigenvalue weighted by Crippen LogP contribution is -2.42. The van der Waals surface area contributed by atoms with Crippen LogP contribution in [-0.4, -0.2) is 60.4 Å². The quantitative estimate of drug-likeness (QED) is 0.813. The van der Waals surface area contributed by atoms with E-state index in [2.05, 4.69) is 0 Å². The number of amides is 1. The Morgan fingerprint density at radius 3 is 2.42 bits per heavy atom. The summed E-state index contributed by atoms with van der Waals surface area (Å²) in [6, 6.07) is 6.58. The van der Waals surface area contributed by atoms with Gasteiger partial charge in [-0.05, 0) is 48.3 Å². The number of sulfonamides is 1. The van der Waals surface area contributed by atoms with Gasteiger partial charge in [-0.25, -0.2) is 8.42 Å². The third kappa shape index (κ3) is 2.33. The Balaban J connectivity index is 1.33. The van der Waals surface area contributed by atoms with Gasteiger partial charge in [-0.3, -0.25) is 4.79 Å². The van der Waals surface area contributed by atoms with E-state index in [1.165, 1.54) is 10.6 Å². The predicted molar refractivity (Wildman–Crippen MR) is 92.8 cm³/mol. The smallest absolute Gasteiger partial charge is 0.255 e. The number of benzene rings is 1. The minimum Gasteiger partial charge on any atom is -0.464 e. The fraction of sp³-hybridized carbons (Fsp3) is 0.389. The Bertz CT molecular complexity index is 1050. The van der Waals surface area contributed by atoms with Gasteiger partial charge in [-0.2, -0.15) is 4.31 Å². The van der Waals surface area contributed by atoms with E-state index < -0.39 is 15.6 Å². The fourth-order valence-electron chi connectivity index (χ4n) is 3.74. The normalized spacial score (nSPS) is 22.3. The maximum atomic E-state index is 13.0. The highest BCUT2D eigenvalue weighted by molar-refractivity contribution is 7.89. The summed E-state index contributed by atoms with van der Waals surface area (Å²) in [4.78, 5) is 14.1. The number of fused-ring (bicyclic) bond motifs is 1. The van der Waals surface area contributed by atoms with Crippen molar-refractivity contribution < 1.29 is 22.7 Å². The zero-order valence-corrected chi connectivity index (χ0v) is 14.8. The van der Waals surface area contributed by atoms with E-state index in [0.717, 1.165) is 16.5 Å². The van der Waals surface area contributed by atoms with Gasteiger partial charge in [0.05, 0.1) is 11.2 Å². The number of carbonyl (C=O) groups is 1. The number of rotatable bonds is 3. The van der Waals surface area contributed by atoms with Gasteiger partial charge in [-0.15, -0.1) is 0 Å². The van der Waals surface area contributed by atoms with Crippen LogP contribution in [0.1, 0.15) is 12.8 Å². The van der Waals surface area contributed by atoms with Crippen LogP contribution in [-0.2, 0) is 14.8 Å². The molecule has 7 nitrogen and oxygen atoms in total. The summed E-state index contributed by atoms with van der Waals surface area (Å²) < 4.78 is 32.6. The molecule has 2 aliphatic heterocycles. The highest BCUT2D eigenvalue weighted by Gasteiger charge is 2.51. The summed E-state index contributed by atoms with van der Waals surface area (Å²) in [7, 11) is -3.61. The summed E-state index contributed by atoms with van der Waals surface area (Å²) in [6.45, 7) is 1.40. The standard InChI is InChI=1S/C18H18N2O5S/c21-17(18(22)4-5-18)19-8-13-10-20(11-14(13)9-19)26(23,24)15-1-2-16-12(7-15)3-6-25-16/h1-3,6-7,22H,4-5,8-11H2. The van der Waals surface area contributed by atoms with E-state index in [1.54, 1.807) is 29.2 Å². The number of hydrogen-bond acceptors (Lipinski definition) is 5. The first-order valence-corrected chi connectivity index (χ1v) is 10.00. The molecule has 8 heteroatoms. The van der Waals surface area contributed by atoms with Crippen molar-refractivity contribution in [2.24, 2.45) is 0 Å². The maximum absolute atomic E-state index is 13.0. The molecule has 5 rings (SSSR count). The minimum absolute atomic E-state index is 0.230. The van der Waals surface area contributed by atoms with Crippen molar-refractivity contribution in [2.45, 2.75) is 23.3 Å². The van der Waals surface area contributed by atoms with Crippen LogP contribution in [0.15, 0.2) is 51.0 Å². The number of aliphatic hydroxyl groups is 1. The number of furan rings is 1. The lowest BCUT2D eigenvalue weighted by molar-refractivity contribution is -0.141. The average Bonchev–Trinajstić information content (AvgIpc) is 2.99. The molecule has 3 heterocycles. The van der Waals surface area contributed by atoms with Crippen LogP contribution < -0.4 is 0 Å². The van der Waals surface area contributed by atoms with Gasteiger partial charge in [0.25, 0.3) is 5.91 Å².